The Kier molecular flexibility index (Phi) is 17.5. The molecule has 3 aromatic carbocycles. The van der Waals surface area contributed by atoms with E-state index in [4.69, 9.17) is 26.1 Å². The summed E-state index contributed by atoms with van der Waals surface area (Å²) >= 11 is 0. The van der Waals surface area contributed by atoms with Gasteiger partial charge in [0.2, 0.25) is 5.91 Å². The van der Waals surface area contributed by atoms with Crippen molar-refractivity contribution < 1.29 is 24.2 Å². The van der Waals surface area contributed by atoms with Gasteiger partial charge in [-0.25, -0.2) is 4.79 Å². The van der Waals surface area contributed by atoms with Gasteiger partial charge in [-0.05, 0) is 48.2 Å². The molecule has 210 valence electrons. The third-order valence-corrected chi connectivity index (χ3v) is 5.45. The van der Waals surface area contributed by atoms with Gasteiger partial charge in [0.1, 0.15) is 19.4 Å². The lowest BCUT2D eigenvalue weighted by atomic mass is 10.1. The number of hydrogen-bond acceptors (Lipinski definition) is 7. The smallest absolute Gasteiger partial charge is 0.408 e. The van der Waals surface area contributed by atoms with Gasteiger partial charge < -0.3 is 36.7 Å². The van der Waals surface area contributed by atoms with Gasteiger partial charge in [-0.15, -0.1) is 0 Å². The molecule has 0 aliphatic rings. The molecule has 0 aromatic heterocycles. The third-order valence-electron chi connectivity index (χ3n) is 5.45. The van der Waals surface area contributed by atoms with Crippen LogP contribution in [0.2, 0.25) is 0 Å². The maximum Gasteiger partial charge on any atom is 0.408 e. The number of nitrogens with two attached hydrogens (primary N) is 2. The number of carbonyl (C=O) groups excluding carboxylic acids is 3. The van der Waals surface area contributed by atoms with E-state index in [0.29, 0.717) is 19.5 Å². The van der Waals surface area contributed by atoms with Crippen LogP contribution in [0.5, 0.6) is 0 Å². The van der Waals surface area contributed by atoms with Crippen LogP contribution in [0, 0.1) is 0 Å². The Bertz CT molecular complexity index is 1050. The summed E-state index contributed by atoms with van der Waals surface area (Å²) in [5, 5.41) is 14.2. The van der Waals surface area contributed by atoms with Crippen molar-refractivity contribution in [3.8, 4) is 0 Å². The number of amides is 2. The first kappa shape index (κ1) is 32.8. The van der Waals surface area contributed by atoms with Gasteiger partial charge in [0.05, 0.1) is 6.61 Å². The number of aliphatic hydroxyl groups excluding tert-OH is 1. The molecule has 0 heterocycles. The molecule has 1 atom stereocenters. The highest BCUT2D eigenvalue weighted by Gasteiger charge is 2.21. The summed E-state index contributed by atoms with van der Waals surface area (Å²) in [4.78, 5) is 32.8. The molecule has 0 radical (unpaired) electrons. The highest BCUT2D eigenvalue weighted by Crippen LogP contribution is 2.06. The van der Waals surface area contributed by atoms with Crippen molar-refractivity contribution in [3.05, 3.63) is 102 Å². The Morgan fingerprint density at radius 3 is 1.97 bits per heavy atom. The minimum atomic E-state index is -0.694. The van der Waals surface area contributed by atoms with Crippen molar-refractivity contribution >= 4 is 24.5 Å². The Balaban J connectivity index is 0.000000578. The monoisotopic (exact) mass is 536 g/mol. The van der Waals surface area contributed by atoms with Crippen molar-refractivity contribution in [2.24, 2.45) is 5.73 Å². The van der Waals surface area contributed by atoms with Gasteiger partial charge in [0.25, 0.3) is 0 Å². The molecule has 9 heteroatoms. The third kappa shape index (κ3) is 15.0. The van der Waals surface area contributed by atoms with Gasteiger partial charge in [-0.2, -0.15) is 0 Å². The van der Waals surface area contributed by atoms with E-state index in [9.17, 15) is 9.59 Å². The number of unbranched alkanes of at least 4 members (excludes halogenated alkanes) is 2. The van der Waals surface area contributed by atoms with Gasteiger partial charge >= 0.3 is 6.09 Å². The first-order valence-corrected chi connectivity index (χ1v) is 12.7. The second kappa shape index (κ2) is 20.8. The maximum absolute atomic E-state index is 12.6. The summed E-state index contributed by atoms with van der Waals surface area (Å²) in [5.74, 6) is -0.215. The van der Waals surface area contributed by atoms with Gasteiger partial charge in [-0.1, -0.05) is 79.2 Å². The van der Waals surface area contributed by atoms with Crippen molar-refractivity contribution in [2.75, 3.05) is 18.8 Å². The summed E-state index contributed by atoms with van der Waals surface area (Å²) in [6, 6.07) is 25.5. The Labute approximate surface area is 230 Å². The molecular formula is C30H40N4O5. The molecule has 0 bridgehead atoms. The van der Waals surface area contributed by atoms with E-state index in [1.165, 1.54) is 0 Å². The number of alkyl carbamates (subject to hydrolysis) is 1. The lowest BCUT2D eigenvalue weighted by Crippen LogP contribution is -2.48. The van der Waals surface area contributed by atoms with E-state index >= 15 is 0 Å². The fourth-order valence-electron chi connectivity index (χ4n) is 3.37. The molecule has 0 saturated carbocycles. The summed E-state index contributed by atoms with van der Waals surface area (Å²) < 4.78 is 5.26. The summed E-state index contributed by atoms with van der Waals surface area (Å²) in [7, 11) is 0. The van der Waals surface area contributed by atoms with Crippen molar-refractivity contribution in [2.45, 2.75) is 44.9 Å². The molecule has 7 N–H and O–H groups in total. The zero-order chi connectivity index (χ0) is 28.7. The molecule has 0 saturated heterocycles. The van der Waals surface area contributed by atoms with E-state index < -0.39 is 12.1 Å². The molecule has 0 aliphatic carbocycles. The summed E-state index contributed by atoms with van der Waals surface area (Å²) in [6.45, 7) is 3.45. The largest absolute Gasteiger partial charge is 0.445 e. The summed E-state index contributed by atoms with van der Waals surface area (Å²) in [5.41, 5.74) is 14.4. The van der Waals surface area contributed by atoms with E-state index in [1.54, 1.807) is 24.3 Å². The van der Waals surface area contributed by atoms with E-state index in [1.807, 2.05) is 67.5 Å². The standard InChI is InChI=1S/C22H29N3O3.C7H9NO.CH2O/c23-14-8-3-9-15-24-21(26)20(16-18-10-4-1-5-11-18)25-22(27)28-17-19-12-6-2-7-13-19;8-7-3-1-6(5-9)2-4-7;1-2/h1-2,4-7,10-13,20H,3,8-9,14-17,23H2,(H,24,26)(H,25,27);1-4,9H,5,8H2;1H2/t20-;;/m0../s1. The van der Waals surface area contributed by atoms with Crippen molar-refractivity contribution in [3.63, 3.8) is 0 Å². The number of aliphatic hydroxyl groups is 1. The van der Waals surface area contributed by atoms with E-state index in [2.05, 4.69) is 10.6 Å². The van der Waals surface area contributed by atoms with Gasteiger partial charge in [0, 0.05) is 18.7 Å². The minimum absolute atomic E-state index is 0.0836. The number of ether oxygens (including phenoxy) is 1. The van der Waals surface area contributed by atoms with Crippen LogP contribution < -0.4 is 22.1 Å². The number of hydrogen-bond donors (Lipinski definition) is 5. The molecular weight excluding hydrogens is 496 g/mol. The molecule has 0 spiro atoms. The van der Waals surface area contributed by atoms with Crippen LogP contribution in [0.4, 0.5) is 10.5 Å². The average molecular weight is 537 g/mol. The number of anilines is 1. The molecule has 3 rings (SSSR count). The second-order valence-corrected chi connectivity index (χ2v) is 8.49. The minimum Gasteiger partial charge on any atom is -0.445 e. The summed E-state index contributed by atoms with van der Waals surface area (Å²) in [6.07, 6.45) is 2.55. The zero-order valence-corrected chi connectivity index (χ0v) is 22.3. The average Bonchev–Trinajstić information content (AvgIpc) is 2.98. The van der Waals surface area contributed by atoms with Crippen LogP contribution in [0.3, 0.4) is 0 Å². The van der Waals surface area contributed by atoms with Crippen molar-refractivity contribution in [1.29, 1.82) is 0 Å². The molecule has 0 aliphatic heterocycles. The van der Waals surface area contributed by atoms with Crippen LogP contribution in [-0.2, 0) is 34.0 Å². The van der Waals surface area contributed by atoms with Gasteiger partial charge in [-0.3, -0.25) is 4.79 Å². The Hall–Kier alpha value is -4.21. The highest BCUT2D eigenvalue weighted by molar-refractivity contribution is 5.85. The first-order valence-electron chi connectivity index (χ1n) is 12.7. The van der Waals surface area contributed by atoms with E-state index in [0.717, 1.165) is 41.6 Å². The Morgan fingerprint density at radius 1 is 0.821 bits per heavy atom. The number of rotatable bonds is 12. The fourth-order valence-corrected chi connectivity index (χ4v) is 3.37. The lowest BCUT2D eigenvalue weighted by Gasteiger charge is -2.18. The lowest BCUT2D eigenvalue weighted by molar-refractivity contribution is -0.123. The molecule has 3 aromatic rings. The molecule has 9 nitrogen and oxygen atoms in total. The molecule has 0 fully saturated rings. The van der Waals surface area contributed by atoms with Crippen LogP contribution in [-0.4, -0.2) is 43.0 Å². The van der Waals surface area contributed by atoms with Crippen LogP contribution >= 0.6 is 0 Å². The van der Waals surface area contributed by atoms with Crippen LogP contribution in [0.15, 0.2) is 84.9 Å². The number of carbonyl (C=O) groups is 3. The normalized spacial score (nSPS) is 10.5. The SMILES string of the molecule is C=O.NCCCCCNC(=O)[C@H](Cc1ccccc1)NC(=O)OCc1ccccc1.Nc1ccc(CO)cc1. The highest BCUT2D eigenvalue weighted by atomic mass is 16.5. The Morgan fingerprint density at radius 2 is 1.41 bits per heavy atom. The molecule has 39 heavy (non-hydrogen) atoms. The van der Waals surface area contributed by atoms with Gasteiger partial charge in [0.15, 0.2) is 0 Å². The van der Waals surface area contributed by atoms with Crippen molar-refractivity contribution in [1.82, 2.24) is 10.6 Å². The fraction of sp³-hybridized carbons (Fsp3) is 0.300. The maximum atomic E-state index is 12.6. The number of nitrogen functional groups attached to an aromatic ring is 1. The zero-order valence-electron chi connectivity index (χ0n) is 22.3. The molecule has 2 amide bonds. The van der Waals surface area contributed by atoms with E-state index in [-0.39, 0.29) is 19.1 Å². The second-order valence-electron chi connectivity index (χ2n) is 8.49. The topological polar surface area (TPSA) is 157 Å². The number of benzene rings is 3. The number of nitrogens with one attached hydrogen (secondary N) is 2. The predicted molar refractivity (Wildman–Crippen MR) is 154 cm³/mol. The first-order chi connectivity index (χ1) is 19.0. The molecule has 0 unspecified atom stereocenters. The predicted octanol–water partition coefficient (Wildman–Crippen LogP) is 3.35. The quantitative estimate of drug-likeness (QED) is 0.175. The van der Waals surface area contributed by atoms with Crippen LogP contribution in [0.25, 0.3) is 0 Å². The van der Waals surface area contributed by atoms with Crippen LogP contribution in [0.1, 0.15) is 36.0 Å².